The first-order chi connectivity index (χ1) is 9.78. The van der Waals surface area contributed by atoms with Crippen molar-refractivity contribution in [2.45, 2.75) is 0 Å². The van der Waals surface area contributed by atoms with E-state index >= 15 is 0 Å². The largest absolute Gasteiger partial charge is 0.379 e. The predicted octanol–water partition coefficient (Wildman–Crippen LogP) is 4.02. The molecule has 1 heterocycles. The highest BCUT2D eigenvalue weighted by Gasteiger charge is 2.14. The van der Waals surface area contributed by atoms with E-state index in [1.54, 1.807) is 18.3 Å². The lowest BCUT2D eigenvalue weighted by molar-refractivity contribution is -0.0787. The third-order valence-electron chi connectivity index (χ3n) is 3.62. The van der Waals surface area contributed by atoms with Gasteiger partial charge in [0.2, 0.25) is 0 Å². The molecule has 96 valence electrons. The Morgan fingerprint density at radius 1 is 1.00 bits per heavy atom. The van der Waals surface area contributed by atoms with Gasteiger partial charge in [0.15, 0.2) is 0 Å². The van der Waals surface area contributed by atoms with E-state index in [1.807, 2.05) is 30.3 Å². The van der Waals surface area contributed by atoms with Crippen LogP contribution in [0.15, 0.2) is 48.7 Å². The Kier molecular flexibility index (Phi) is 2.15. The van der Waals surface area contributed by atoms with Crippen LogP contribution in [0, 0.1) is 0 Å². The molecule has 0 radical (unpaired) electrons. The molecule has 20 heavy (non-hydrogen) atoms. The molecule has 0 saturated heterocycles. The summed E-state index contributed by atoms with van der Waals surface area (Å²) in [5, 5.41) is 5.09. The number of hydrogen-bond acceptors (Lipinski definition) is 3. The van der Waals surface area contributed by atoms with Crippen LogP contribution in [0.5, 0.6) is 0 Å². The normalized spacial score (nSPS) is 11.4. The lowest BCUT2D eigenvalue weighted by Gasteiger charge is -2.10. The van der Waals surface area contributed by atoms with Crippen molar-refractivity contribution in [2.24, 2.45) is 0 Å². The fourth-order valence-corrected chi connectivity index (χ4v) is 2.76. The Balaban J connectivity index is 2.22. The molecule has 3 nitrogen and oxygen atoms in total. The van der Waals surface area contributed by atoms with Gasteiger partial charge >= 0.3 is 5.97 Å². The summed E-state index contributed by atoms with van der Waals surface area (Å²) < 4.78 is 12.1. The molecule has 0 atom stereocenters. The van der Waals surface area contributed by atoms with Crippen molar-refractivity contribution in [3.8, 4) is 0 Å². The molecule has 0 N–H and O–H groups in total. The fourth-order valence-electron chi connectivity index (χ4n) is 2.76. The minimum Gasteiger partial charge on any atom is -0.256 e. The van der Waals surface area contributed by atoms with Crippen molar-refractivity contribution in [3.63, 3.8) is 0 Å². The molecule has 4 rings (SSSR count). The number of aromatic nitrogens is 1. The average Bonchev–Trinajstić information content (AvgIpc) is 2.51. The Labute approximate surface area is 112 Å². The highest BCUT2D eigenvalue weighted by molar-refractivity contribution is 6.22. The maximum atomic E-state index is 12.1. The third-order valence-corrected chi connectivity index (χ3v) is 3.62. The molecule has 1 aromatic heterocycles. The van der Waals surface area contributed by atoms with E-state index in [1.165, 1.54) is 0 Å². The van der Waals surface area contributed by atoms with Crippen LogP contribution in [0.1, 0.15) is 10.4 Å². The minimum absolute atomic E-state index is 0.158. The molecule has 0 fully saturated rings. The zero-order valence-electron chi connectivity index (χ0n) is 10.3. The molecule has 0 spiro atoms. The summed E-state index contributed by atoms with van der Waals surface area (Å²) in [7, 11) is 0. The first-order valence-electron chi connectivity index (χ1n) is 6.14. The fraction of sp³-hybridized carbons (Fsp3) is 0. The summed E-state index contributed by atoms with van der Waals surface area (Å²) in [5.74, 6) is -1.00. The molecule has 0 aliphatic heterocycles. The molecule has 0 aliphatic rings. The van der Waals surface area contributed by atoms with Crippen LogP contribution < -0.4 is 0 Å². The number of benzene rings is 3. The standard InChI is InChI=1S/C16H8FNO2/c17-20-16(19)12-6-10-5-4-9-2-1-3-11-8-18-13(7-12)15(10)14(9)11/h1-8H. The van der Waals surface area contributed by atoms with Gasteiger partial charge in [-0.25, -0.2) is 9.74 Å². The summed E-state index contributed by atoms with van der Waals surface area (Å²) >= 11 is 0. The number of nitrogens with zero attached hydrogens (tertiary/aromatic N) is 1. The van der Waals surface area contributed by atoms with Crippen molar-refractivity contribution in [1.82, 2.24) is 4.98 Å². The van der Waals surface area contributed by atoms with E-state index < -0.39 is 5.97 Å². The maximum Gasteiger partial charge on any atom is 0.379 e. The van der Waals surface area contributed by atoms with E-state index in [9.17, 15) is 9.32 Å². The van der Waals surface area contributed by atoms with E-state index in [0.29, 0.717) is 5.52 Å². The van der Waals surface area contributed by atoms with Gasteiger partial charge < -0.3 is 0 Å². The van der Waals surface area contributed by atoms with Crippen molar-refractivity contribution in [2.75, 3.05) is 0 Å². The van der Waals surface area contributed by atoms with Crippen LogP contribution in [-0.4, -0.2) is 11.0 Å². The summed E-state index contributed by atoms with van der Waals surface area (Å²) in [6.45, 7) is 0. The summed E-state index contributed by atoms with van der Waals surface area (Å²) in [6, 6.07) is 13.1. The number of rotatable bonds is 1. The molecule has 0 aliphatic carbocycles. The number of halogens is 1. The monoisotopic (exact) mass is 265 g/mol. The van der Waals surface area contributed by atoms with Gasteiger partial charge in [0.1, 0.15) is 0 Å². The van der Waals surface area contributed by atoms with E-state index in [2.05, 4.69) is 9.93 Å². The molecular formula is C16H8FNO2. The van der Waals surface area contributed by atoms with Gasteiger partial charge in [-0.2, -0.15) is 0 Å². The zero-order valence-corrected chi connectivity index (χ0v) is 10.3. The van der Waals surface area contributed by atoms with Crippen LogP contribution in [0.4, 0.5) is 4.53 Å². The predicted molar refractivity (Wildman–Crippen MR) is 74.5 cm³/mol. The average molecular weight is 265 g/mol. The molecule has 3 aromatic carbocycles. The minimum atomic E-state index is -1.00. The second kappa shape index (κ2) is 3.87. The van der Waals surface area contributed by atoms with Gasteiger partial charge in [-0.1, -0.05) is 30.3 Å². The quantitative estimate of drug-likeness (QED) is 0.488. The summed E-state index contributed by atoms with van der Waals surface area (Å²) in [6.07, 6.45) is 1.76. The second-order valence-electron chi connectivity index (χ2n) is 4.73. The van der Waals surface area contributed by atoms with Crippen molar-refractivity contribution in [1.29, 1.82) is 0 Å². The van der Waals surface area contributed by atoms with Crippen LogP contribution in [-0.2, 0) is 4.94 Å². The van der Waals surface area contributed by atoms with Gasteiger partial charge in [-0.3, -0.25) is 4.98 Å². The van der Waals surface area contributed by atoms with Crippen LogP contribution in [0.25, 0.3) is 32.4 Å². The van der Waals surface area contributed by atoms with E-state index in [0.717, 1.165) is 26.9 Å². The number of pyridine rings is 1. The molecule has 0 unspecified atom stereocenters. The van der Waals surface area contributed by atoms with Crippen LogP contribution in [0.3, 0.4) is 0 Å². The van der Waals surface area contributed by atoms with Gasteiger partial charge in [0.25, 0.3) is 0 Å². The van der Waals surface area contributed by atoms with Gasteiger partial charge in [0.05, 0.1) is 11.1 Å². The van der Waals surface area contributed by atoms with Gasteiger partial charge in [0, 0.05) is 26.9 Å². The third kappa shape index (κ3) is 1.39. The second-order valence-corrected chi connectivity index (χ2v) is 4.73. The molecule has 0 amide bonds. The molecule has 4 aromatic rings. The number of carbonyl (C=O) groups excluding carboxylic acids is 1. The number of carbonyl (C=O) groups is 1. The molecule has 0 bridgehead atoms. The summed E-state index contributed by atoms with van der Waals surface area (Å²) in [5.41, 5.74) is 0.818. The Hall–Kier alpha value is -2.75. The number of hydrogen-bond donors (Lipinski definition) is 0. The smallest absolute Gasteiger partial charge is 0.256 e. The highest BCUT2D eigenvalue weighted by Crippen LogP contribution is 2.33. The topological polar surface area (TPSA) is 39.2 Å². The Morgan fingerprint density at radius 2 is 1.80 bits per heavy atom. The van der Waals surface area contributed by atoms with Crippen molar-refractivity contribution < 1.29 is 14.3 Å². The van der Waals surface area contributed by atoms with Gasteiger partial charge in [-0.15, -0.1) is 0 Å². The molecular weight excluding hydrogens is 257 g/mol. The summed E-state index contributed by atoms with van der Waals surface area (Å²) in [4.78, 5) is 19.0. The van der Waals surface area contributed by atoms with E-state index in [4.69, 9.17) is 0 Å². The molecule has 4 heteroatoms. The van der Waals surface area contributed by atoms with Gasteiger partial charge in [-0.05, 0) is 22.9 Å². The highest BCUT2D eigenvalue weighted by atomic mass is 19.3. The zero-order chi connectivity index (χ0) is 13.7. The Bertz CT molecular complexity index is 901. The van der Waals surface area contributed by atoms with Crippen molar-refractivity contribution in [3.05, 3.63) is 54.2 Å². The Morgan fingerprint density at radius 3 is 2.65 bits per heavy atom. The maximum absolute atomic E-state index is 12.1. The first-order valence-corrected chi connectivity index (χ1v) is 6.14. The lowest BCUT2D eigenvalue weighted by atomic mass is 9.96. The van der Waals surface area contributed by atoms with Crippen LogP contribution in [0.2, 0.25) is 0 Å². The first kappa shape index (κ1) is 11.1. The SMILES string of the molecule is O=C(OF)c1cc2ccc3cccc4cnc(c1)c2c34. The van der Waals surface area contributed by atoms with E-state index in [-0.39, 0.29) is 5.56 Å². The molecule has 0 saturated carbocycles. The lowest BCUT2D eigenvalue weighted by Crippen LogP contribution is -1.99. The van der Waals surface area contributed by atoms with Crippen LogP contribution >= 0.6 is 0 Å². The van der Waals surface area contributed by atoms with Crippen molar-refractivity contribution >= 4 is 38.4 Å².